The molecule has 0 spiro atoms. The maximum Gasteiger partial charge on any atom is 0.404 e. The molecule has 5 nitrogen and oxygen atoms in total. The molecule has 0 saturated carbocycles. The zero-order valence-electron chi connectivity index (χ0n) is 9.40. The van der Waals surface area contributed by atoms with Gasteiger partial charge >= 0.3 is 6.09 Å². The molecule has 0 aliphatic rings. The van der Waals surface area contributed by atoms with Crippen LogP contribution in [-0.4, -0.2) is 22.3 Å². The van der Waals surface area contributed by atoms with Crippen molar-refractivity contribution in [1.29, 1.82) is 0 Å². The van der Waals surface area contributed by atoms with Gasteiger partial charge in [-0.25, -0.2) is 9.78 Å². The van der Waals surface area contributed by atoms with Gasteiger partial charge in [0.15, 0.2) is 0 Å². The Balaban J connectivity index is 2.35. The Morgan fingerprint density at radius 2 is 2.28 bits per heavy atom. The number of fused-ring (bicyclic) bond motifs is 1. The number of halogens is 2. The number of carbonyl (C=O) groups excluding carboxylic acids is 1. The molecule has 18 heavy (non-hydrogen) atoms. The van der Waals surface area contributed by atoms with Gasteiger partial charge in [0.1, 0.15) is 17.9 Å². The lowest BCUT2D eigenvalue weighted by Crippen LogP contribution is -2.17. The Hall–Kier alpha value is -1.46. The summed E-state index contributed by atoms with van der Waals surface area (Å²) in [5, 5.41) is 0.563. The van der Waals surface area contributed by atoms with Gasteiger partial charge in [-0.2, -0.15) is 0 Å². The summed E-state index contributed by atoms with van der Waals surface area (Å²) in [7, 11) is 0. The maximum absolute atomic E-state index is 10.5. The van der Waals surface area contributed by atoms with Crippen LogP contribution in [0.3, 0.4) is 0 Å². The van der Waals surface area contributed by atoms with Crippen LogP contribution in [0.5, 0.6) is 0 Å². The SMILES string of the molecule is NC(=O)OCCn1c(CCl)nc2c(Cl)cccc21. The van der Waals surface area contributed by atoms with Gasteiger partial charge in [0.2, 0.25) is 0 Å². The summed E-state index contributed by atoms with van der Waals surface area (Å²) < 4.78 is 6.57. The third kappa shape index (κ3) is 2.52. The third-order valence-electron chi connectivity index (χ3n) is 2.49. The highest BCUT2D eigenvalue weighted by Gasteiger charge is 2.12. The smallest absolute Gasteiger partial charge is 0.404 e. The number of rotatable bonds is 4. The number of ether oxygens (including phenoxy) is 1. The van der Waals surface area contributed by atoms with Gasteiger partial charge in [-0.1, -0.05) is 17.7 Å². The van der Waals surface area contributed by atoms with Crippen LogP contribution in [0.25, 0.3) is 11.0 Å². The van der Waals surface area contributed by atoms with Gasteiger partial charge in [-0.05, 0) is 12.1 Å². The van der Waals surface area contributed by atoms with Crippen LogP contribution >= 0.6 is 23.2 Å². The predicted octanol–water partition coefficient (Wildman–Crippen LogP) is 2.52. The van der Waals surface area contributed by atoms with Crippen LogP contribution in [-0.2, 0) is 17.2 Å². The van der Waals surface area contributed by atoms with Crippen LogP contribution in [0, 0.1) is 0 Å². The highest BCUT2D eigenvalue weighted by molar-refractivity contribution is 6.35. The monoisotopic (exact) mass is 287 g/mol. The first-order chi connectivity index (χ1) is 8.63. The summed E-state index contributed by atoms with van der Waals surface area (Å²) in [6.45, 7) is 0.596. The quantitative estimate of drug-likeness (QED) is 0.879. The van der Waals surface area contributed by atoms with Gasteiger partial charge in [0.25, 0.3) is 0 Å². The minimum Gasteiger partial charge on any atom is -0.448 e. The van der Waals surface area contributed by atoms with E-state index >= 15 is 0 Å². The first-order valence-electron chi connectivity index (χ1n) is 5.25. The van der Waals surface area contributed by atoms with Crippen molar-refractivity contribution in [3.63, 3.8) is 0 Å². The first-order valence-corrected chi connectivity index (χ1v) is 6.16. The number of primary amides is 1. The van der Waals surface area contributed by atoms with Crippen LogP contribution in [0.4, 0.5) is 4.79 Å². The van der Waals surface area contributed by atoms with Gasteiger partial charge in [0, 0.05) is 0 Å². The van der Waals surface area contributed by atoms with Gasteiger partial charge in [-0.15, -0.1) is 11.6 Å². The first kappa shape index (κ1) is 13.0. The Morgan fingerprint density at radius 3 is 2.94 bits per heavy atom. The number of nitrogens with zero attached hydrogens (tertiary/aromatic N) is 2. The fourth-order valence-electron chi connectivity index (χ4n) is 1.75. The summed E-state index contributed by atoms with van der Waals surface area (Å²) in [5.41, 5.74) is 6.45. The van der Waals surface area contributed by atoms with Crippen molar-refractivity contribution in [2.24, 2.45) is 5.73 Å². The molecule has 2 rings (SSSR count). The number of carbonyl (C=O) groups is 1. The van der Waals surface area contributed by atoms with E-state index in [1.807, 2.05) is 16.7 Å². The van der Waals surface area contributed by atoms with Crippen molar-refractivity contribution in [1.82, 2.24) is 9.55 Å². The molecule has 2 N–H and O–H groups in total. The molecule has 0 saturated heterocycles. The van der Waals surface area contributed by atoms with E-state index in [9.17, 15) is 4.79 Å². The lowest BCUT2D eigenvalue weighted by molar-refractivity contribution is 0.152. The fourth-order valence-corrected chi connectivity index (χ4v) is 2.17. The molecular formula is C11H11Cl2N3O2. The molecule has 7 heteroatoms. The maximum atomic E-state index is 10.5. The van der Waals surface area contributed by atoms with Crippen molar-refractivity contribution in [2.75, 3.05) is 6.61 Å². The zero-order valence-corrected chi connectivity index (χ0v) is 10.9. The largest absolute Gasteiger partial charge is 0.448 e. The standard InChI is InChI=1S/C11H11Cl2N3O2/c12-6-9-15-10-7(13)2-1-3-8(10)16(9)4-5-18-11(14)17/h1-3H,4-6H2,(H2,14,17). The average molecular weight is 288 g/mol. The number of imidazole rings is 1. The number of alkyl halides is 1. The summed E-state index contributed by atoms with van der Waals surface area (Å²) in [6, 6.07) is 5.48. The number of hydrogen-bond donors (Lipinski definition) is 1. The summed E-state index contributed by atoms with van der Waals surface area (Å²) in [6.07, 6.45) is -0.801. The molecule has 1 heterocycles. The molecule has 1 amide bonds. The molecular weight excluding hydrogens is 277 g/mol. The number of amides is 1. The molecule has 0 bridgehead atoms. The minimum absolute atomic E-state index is 0.164. The van der Waals surface area contributed by atoms with E-state index in [0.717, 1.165) is 5.52 Å². The summed E-state index contributed by atoms with van der Waals surface area (Å²) >= 11 is 11.9. The van der Waals surface area contributed by atoms with E-state index in [2.05, 4.69) is 4.98 Å². The molecule has 0 atom stereocenters. The lowest BCUT2D eigenvalue weighted by atomic mass is 10.3. The second kappa shape index (κ2) is 5.46. The molecule has 2 aromatic rings. The van der Waals surface area contributed by atoms with Crippen molar-refractivity contribution in [3.05, 3.63) is 29.0 Å². The number of para-hydroxylation sites is 1. The van der Waals surface area contributed by atoms with Crippen LogP contribution in [0.1, 0.15) is 5.82 Å². The lowest BCUT2D eigenvalue weighted by Gasteiger charge is -2.07. The molecule has 0 unspecified atom stereocenters. The Kier molecular flexibility index (Phi) is 3.93. The van der Waals surface area contributed by atoms with E-state index in [4.69, 9.17) is 33.7 Å². The van der Waals surface area contributed by atoms with E-state index < -0.39 is 6.09 Å². The predicted molar refractivity (Wildman–Crippen MR) is 69.8 cm³/mol. The minimum atomic E-state index is -0.801. The number of nitrogens with two attached hydrogens (primary N) is 1. The highest BCUT2D eigenvalue weighted by Crippen LogP contribution is 2.24. The second-order valence-corrected chi connectivity index (χ2v) is 4.26. The number of hydrogen-bond acceptors (Lipinski definition) is 3. The Morgan fingerprint density at radius 1 is 1.50 bits per heavy atom. The van der Waals surface area contributed by atoms with Gasteiger partial charge in [0.05, 0.1) is 23.0 Å². The molecule has 0 aliphatic carbocycles. The highest BCUT2D eigenvalue weighted by atomic mass is 35.5. The van der Waals surface area contributed by atoms with Crippen LogP contribution < -0.4 is 5.73 Å². The second-order valence-electron chi connectivity index (χ2n) is 3.59. The van der Waals surface area contributed by atoms with Crippen molar-refractivity contribution in [3.8, 4) is 0 Å². The fraction of sp³-hybridized carbons (Fsp3) is 0.273. The normalized spacial score (nSPS) is 10.8. The van der Waals surface area contributed by atoms with E-state index in [1.54, 1.807) is 6.07 Å². The summed E-state index contributed by atoms with van der Waals surface area (Å²) in [4.78, 5) is 14.9. The molecule has 1 aromatic carbocycles. The third-order valence-corrected chi connectivity index (χ3v) is 3.03. The van der Waals surface area contributed by atoms with Crippen molar-refractivity contribution >= 4 is 40.3 Å². The molecule has 0 aliphatic heterocycles. The molecule has 96 valence electrons. The molecule has 1 aromatic heterocycles. The van der Waals surface area contributed by atoms with Gasteiger partial charge in [-0.3, -0.25) is 0 Å². The molecule has 0 radical (unpaired) electrons. The van der Waals surface area contributed by atoms with Crippen LogP contribution in [0.15, 0.2) is 18.2 Å². The van der Waals surface area contributed by atoms with E-state index in [0.29, 0.717) is 22.9 Å². The number of benzene rings is 1. The Labute approximate surface area is 113 Å². The topological polar surface area (TPSA) is 70.1 Å². The van der Waals surface area contributed by atoms with Crippen LogP contribution in [0.2, 0.25) is 5.02 Å². The summed E-state index contributed by atoms with van der Waals surface area (Å²) in [5.74, 6) is 0.925. The number of aromatic nitrogens is 2. The van der Waals surface area contributed by atoms with Crippen molar-refractivity contribution in [2.45, 2.75) is 12.4 Å². The van der Waals surface area contributed by atoms with E-state index in [-0.39, 0.29) is 12.5 Å². The Bertz CT molecular complexity index is 583. The zero-order chi connectivity index (χ0) is 13.1. The van der Waals surface area contributed by atoms with E-state index in [1.165, 1.54) is 0 Å². The average Bonchev–Trinajstić information content (AvgIpc) is 2.69. The molecule has 0 fully saturated rings. The van der Waals surface area contributed by atoms with Gasteiger partial charge < -0.3 is 15.0 Å². The van der Waals surface area contributed by atoms with Crippen molar-refractivity contribution < 1.29 is 9.53 Å².